The number of carbonyl (C=O) groups excluding carboxylic acids is 2. The molecule has 0 aromatic heterocycles. The summed E-state index contributed by atoms with van der Waals surface area (Å²) in [6, 6.07) is 12.3. The lowest BCUT2D eigenvalue weighted by molar-refractivity contribution is -0.115. The smallest absolute Gasteiger partial charge is 0.257 e. The van der Waals surface area contributed by atoms with E-state index in [1.54, 1.807) is 30.3 Å². The molecule has 112 valence electrons. The van der Waals surface area contributed by atoms with Crippen LogP contribution in [0.3, 0.4) is 0 Å². The van der Waals surface area contributed by atoms with Gasteiger partial charge in [0, 0.05) is 10.6 Å². The number of amides is 2. The molecular formula is C16H13ClN2O2S. The quantitative estimate of drug-likeness (QED) is 0.873. The van der Waals surface area contributed by atoms with E-state index < -0.39 is 0 Å². The fraction of sp³-hybridized carbons (Fsp3) is 0.125. The van der Waals surface area contributed by atoms with Crippen molar-refractivity contribution in [2.24, 2.45) is 0 Å². The standard InChI is InChI=1S/C16H13ClN2O2S/c1-9-15(20)19-13-8-10(6-7-14(13)22-9)18-16(21)11-4-2-3-5-12(11)17/h2-9H,1H3,(H,18,21)(H,19,20). The zero-order valence-corrected chi connectivity index (χ0v) is 13.3. The van der Waals surface area contributed by atoms with Crippen molar-refractivity contribution >= 4 is 46.6 Å². The molecule has 0 radical (unpaired) electrons. The van der Waals surface area contributed by atoms with Crippen LogP contribution in [0.1, 0.15) is 17.3 Å². The van der Waals surface area contributed by atoms with Crippen LogP contribution in [0, 0.1) is 0 Å². The molecule has 0 spiro atoms. The minimum atomic E-state index is -0.284. The summed E-state index contributed by atoms with van der Waals surface area (Å²) in [5, 5.41) is 5.91. The third-order valence-electron chi connectivity index (χ3n) is 3.29. The fourth-order valence-corrected chi connectivity index (χ4v) is 3.28. The van der Waals surface area contributed by atoms with Gasteiger partial charge in [0.2, 0.25) is 5.91 Å². The summed E-state index contributed by atoms with van der Waals surface area (Å²) in [5.41, 5.74) is 1.73. The zero-order valence-electron chi connectivity index (χ0n) is 11.7. The fourth-order valence-electron chi connectivity index (χ4n) is 2.13. The number of nitrogens with one attached hydrogen (secondary N) is 2. The van der Waals surface area contributed by atoms with Crippen LogP contribution in [0.25, 0.3) is 0 Å². The first-order valence-electron chi connectivity index (χ1n) is 6.72. The molecule has 2 N–H and O–H groups in total. The second-order valence-corrected chi connectivity index (χ2v) is 6.68. The summed E-state index contributed by atoms with van der Waals surface area (Å²) in [6.07, 6.45) is 0. The normalized spacial score (nSPS) is 16.6. The predicted molar refractivity (Wildman–Crippen MR) is 89.8 cm³/mol. The van der Waals surface area contributed by atoms with Gasteiger partial charge in [-0.1, -0.05) is 23.7 Å². The number of benzene rings is 2. The van der Waals surface area contributed by atoms with E-state index in [1.807, 2.05) is 19.1 Å². The van der Waals surface area contributed by atoms with Crippen LogP contribution >= 0.6 is 23.4 Å². The van der Waals surface area contributed by atoms with Gasteiger partial charge in [-0.2, -0.15) is 0 Å². The molecule has 2 aromatic carbocycles. The SMILES string of the molecule is CC1Sc2ccc(NC(=O)c3ccccc3Cl)cc2NC1=O. The van der Waals surface area contributed by atoms with Crippen LogP contribution in [0.5, 0.6) is 0 Å². The zero-order chi connectivity index (χ0) is 15.7. The number of hydrogen-bond acceptors (Lipinski definition) is 3. The second kappa shape index (κ2) is 6.02. The van der Waals surface area contributed by atoms with Gasteiger partial charge in [0.15, 0.2) is 0 Å². The van der Waals surface area contributed by atoms with E-state index in [4.69, 9.17) is 11.6 Å². The minimum Gasteiger partial charge on any atom is -0.324 e. The van der Waals surface area contributed by atoms with Crippen molar-refractivity contribution in [3.63, 3.8) is 0 Å². The van der Waals surface area contributed by atoms with Gasteiger partial charge in [0.1, 0.15) is 0 Å². The van der Waals surface area contributed by atoms with E-state index in [1.165, 1.54) is 11.8 Å². The molecule has 0 fully saturated rings. The van der Waals surface area contributed by atoms with E-state index in [0.29, 0.717) is 22.0 Å². The third kappa shape index (κ3) is 2.96. The molecule has 22 heavy (non-hydrogen) atoms. The van der Waals surface area contributed by atoms with Crippen molar-refractivity contribution in [1.29, 1.82) is 0 Å². The lowest BCUT2D eigenvalue weighted by Gasteiger charge is -2.22. The molecule has 2 aromatic rings. The maximum atomic E-state index is 12.2. The molecular weight excluding hydrogens is 320 g/mol. The molecule has 1 atom stereocenters. The molecule has 1 aliphatic heterocycles. The number of hydrogen-bond donors (Lipinski definition) is 2. The second-order valence-electron chi connectivity index (χ2n) is 4.89. The van der Waals surface area contributed by atoms with Crippen LogP contribution in [-0.2, 0) is 4.79 Å². The van der Waals surface area contributed by atoms with E-state index in [2.05, 4.69) is 10.6 Å². The van der Waals surface area contributed by atoms with Gasteiger partial charge in [-0.05, 0) is 37.3 Å². The number of halogens is 1. The molecule has 2 amide bonds. The number of rotatable bonds is 2. The molecule has 6 heteroatoms. The predicted octanol–water partition coefficient (Wildman–Crippen LogP) is 4.03. The largest absolute Gasteiger partial charge is 0.324 e. The number of carbonyl (C=O) groups is 2. The summed E-state index contributed by atoms with van der Waals surface area (Å²) in [6.45, 7) is 1.86. The first-order chi connectivity index (χ1) is 10.5. The van der Waals surface area contributed by atoms with Crippen LogP contribution in [0.4, 0.5) is 11.4 Å². The van der Waals surface area contributed by atoms with E-state index >= 15 is 0 Å². The first kappa shape index (κ1) is 14.9. The summed E-state index contributed by atoms with van der Waals surface area (Å²) in [4.78, 5) is 24.9. The lowest BCUT2D eigenvalue weighted by atomic mass is 10.2. The highest BCUT2D eigenvalue weighted by Gasteiger charge is 2.23. The van der Waals surface area contributed by atoms with Gasteiger partial charge in [-0.25, -0.2) is 0 Å². The van der Waals surface area contributed by atoms with E-state index in [9.17, 15) is 9.59 Å². The lowest BCUT2D eigenvalue weighted by Crippen LogP contribution is -2.26. The molecule has 1 heterocycles. The van der Waals surface area contributed by atoms with Crippen molar-refractivity contribution in [2.45, 2.75) is 17.1 Å². The molecule has 0 bridgehead atoms. The van der Waals surface area contributed by atoms with Crippen molar-refractivity contribution in [3.05, 3.63) is 53.1 Å². The van der Waals surface area contributed by atoms with Crippen molar-refractivity contribution in [1.82, 2.24) is 0 Å². The Morgan fingerprint density at radius 2 is 2.05 bits per heavy atom. The van der Waals surface area contributed by atoms with E-state index in [0.717, 1.165) is 4.90 Å². The topological polar surface area (TPSA) is 58.2 Å². The molecule has 0 aliphatic carbocycles. The van der Waals surface area contributed by atoms with Crippen molar-refractivity contribution in [2.75, 3.05) is 10.6 Å². The molecule has 1 aliphatic rings. The Morgan fingerprint density at radius 3 is 2.82 bits per heavy atom. The van der Waals surface area contributed by atoms with Gasteiger partial charge in [0.25, 0.3) is 5.91 Å². The van der Waals surface area contributed by atoms with E-state index in [-0.39, 0.29) is 17.1 Å². The Morgan fingerprint density at radius 1 is 1.27 bits per heavy atom. The molecule has 0 saturated heterocycles. The maximum absolute atomic E-state index is 12.2. The Hall–Kier alpha value is -1.98. The first-order valence-corrected chi connectivity index (χ1v) is 7.98. The van der Waals surface area contributed by atoms with Crippen LogP contribution in [0.15, 0.2) is 47.4 Å². The average Bonchev–Trinajstić information content (AvgIpc) is 2.49. The monoisotopic (exact) mass is 332 g/mol. The van der Waals surface area contributed by atoms with Gasteiger partial charge in [-0.3, -0.25) is 9.59 Å². The molecule has 4 nitrogen and oxygen atoms in total. The Kier molecular flexibility index (Phi) is 4.09. The molecule has 1 unspecified atom stereocenters. The average molecular weight is 333 g/mol. The summed E-state index contributed by atoms with van der Waals surface area (Å²) < 4.78 is 0. The number of anilines is 2. The van der Waals surface area contributed by atoms with Crippen molar-refractivity contribution in [3.8, 4) is 0 Å². The summed E-state index contributed by atoms with van der Waals surface area (Å²) >= 11 is 7.52. The number of fused-ring (bicyclic) bond motifs is 1. The highest BCUT2D eigenvalue weighted by molar-refractivity contribution is 8.00. The van der Waals surface area contributed by atoms with Crippen molar-refractivity contribution < 1.29 is 9.59 Å². The number of thioether (sulfide) groups is 1. The molecule has 3 rings (SSSR count). The minimum absolute atomic E-state index is 0.0351. The highest BCUT2D eigenvalue weighted by Crippen LogP contribution is 2.37. The third-order valence-corrected chi connectivity index (χ3v) is 4.79. The summed E-state index contributed by atoms with van der Waals surface area (Å²) in [7, 11) is 0. The van der Waals surface area contributed by atoms with Gasteiger partial charge in [-0.15, -0.1) is 11.8 Å². The van der Waals surface area contributed by atoms with Gasteiger partial charge in [0.05, 0.1) is 21.5 Å². The molecule has 0 saturated carbocycles. The summed E-state index contributed by atoms with van der Waals surface area (Å²) in [5.74, 6) is -0.319. The Bertz CT molecular complexity index is 764. The Balaban J connectivity index is 1.82. The van der Waals surface area contributed by atoms with Gasteiger partial charge >= 0.3 is 0 Å². The Labute approximate surface area is 137 Å². The van der Waals surface area contributed by atoms with Crippen LogP contribution < -0.4 is 10.6 Å². The van der Waals surface area contributed by atoms with Crippen LogP contribution in [0.2, 0.25) is 5.02 Å². The van der Waals surface area contributed by atoms with Crippen LogP contribution in [-0.4, -0.2) is 17.1 Å². The highest BCUT2D eigenvalue weighted by atomic mass is 35.5. The maximum Gasteiger partial charge on any atom is 0.257 e. The van der Waals surface area contributed by atoms with Gasteiger partial charge < -0.3 is 10.6 Å².